The third kappa shape index (κ3) is 5.08. The molecule has 2 aromatic rings. The highest BCUT2D eigenvalue weighted by molar-refractivity contribution is 6.05. The van der Waals surface area contributed by atoms with E-state index in [1.165, 1.54) is 12.1 Å². The van der Waals surface area contributed by atoms with Crippen molar-refractivity contribution in [2.24, 2.45) is 5.92 Å². The molecular weight excluding hydrogens is 356 g/mol. The van der Waals surface area contributed by atoms with Crippen molar-refractivity contribution in [3.8, 4) is 0 Å². The average Bonchev–Trinajstić information content (AvgIpc) is 2.62. The minimum absolute atomic E-state index is 0.157. The van der Waals surface area contributed by atoms with Gasteiger partial charge in [0.15, 0.2) is 0 Å². The molecule has 0 saturated carbocycles. The second-order valence-corrected chi connectivity index (χ2v) is 5.93. The van der Waals surface area contributed by atoms with Gasteiger partial charge in [-0.15, -0.1) is 0 Å². The van der Waals surface area contributed by atoms with Crippen LogP contribution in [-0.2, 0) is 4.79 Å². The molecule has 0 saturated heterocycles. The number of carbonyl (C=O) groups is 2. The molecule has 2 rings (SSSR count). The number of rotatable bonds is 6. The molecule has 0 unspecified atom stereocenters. The first-order valence-corrected chi connectivity index (χ1v) is 7.83. The van der Waals surface area contributed by atoms with Gasteiger partial charge in [-0.3, -0.25) is 29.8 Å². The van der Waals surface area contributed by atoms with E-state index in [0.29, 0.717) is 11.4 Å². The fourth-order valence-corrected chi connectivity index (χ4v) is 2.06. The second-order valence-electron chi connectivity index (χ2n) is 5.93. The Balaban J connectivity index is 2.18. The van der Waals surface area contributed by atoms with Gasteiger partial charge < -0.3 is 10.6 Å². The Kier molecular flexibility index (Phi) is 5.81. The fraction of sp³-hybridized carbons (Fsp3) is 0.176. The van der Waals surface area contributed by atoms with Crippen molar-refractivity contribution in [2.45, 2.75) is 13.8 Å². The maximum absolute atomic E-state index is 12.3. The number of non-ortho nitro benzene ring substituents is 2. The van der Waals surface area contributed by atoms with Crippen molar-refractivity contribution in [2.75, 3.05) is 10.6 Å². The summed E-state index contributed by atoms with van der Waals surface area (Å²) in [7, 11) is 0. The molecule has 140 valence electrons. The van der Waals surface area contributed by atoms with Crippen molar-refractivity contribution in [1.82, 2.24) is 0 Å². The number of nitro groups is 2. The second kappa shape index (κ2) is 8.04. The number of amides is 2. The zero-order chi connectivity index (χ0) is 20.1. The van der Waals surface area contributed by atoms with Crippen LogP contribution in [0.15, 0.2) is 42.5 Å². The molecule has 2 amide bonds. The fourth-order valence-electron chi connectivity index (χ4n) is 2.06. The van der Waals surface area contributed by atoms with Gasteiger partial charge >= 0.3 is 0 Å². The lowest BCUT2D eigenvalue weighted by molar-refractivity contribution is -0.394. The molecule has 2 aromatic carbocycles. The van der Waals surface area contributed by atoms with Crippen LogP contribution in [0.2, 0.25) is 0 Å². The highest BCUT2D eigenvalue weighted by Crippen LogP contribution is 2.23. The van der Waals surface area contributed by atoms with Crippen LogP contribution in [-0.4, -0.2) is 21.7 Å². The zero-order valence-electron chi connectivity index (χ0n) is 14.5. The Morgan fingerprint density at radius 1 is 0.852 bits per heavy atom. The van der Waals surface area contributed by atoms with Crippen molar-refractivity contribution in [1.29, 1.82) is 0 Å². The van der Waals surface area contributed by atoms with Gasteiger partial charge in [0, 0.05) is 29.4 Å². The normalized spacial score (nSPS) is 10.3. The molecule has 0 heterocycles. The Morgan fingerprint density at radius 3 is 1.70 bits per heavy atom. The first kappa shape index (κ1) is 19.5. The molecule has 0 radical (unpaired) electrons. The van der Waals surface area contributed by atoms with Crippen LogP contribution < -0.4 is 10.6 Å². The highest BCUT2D eigenvalue weighted by Gasteiger charge is 2.20. The Bertz CT molecular complexity index is 876. The van der Waals surface area contributed by atoms with Gasteiger partial charge in [-0.25, -0.2) is 0 Å². The summed E-state index contributed by atoms with van der Waals surface area (Å²) in [5.41, 5.74) is -0.426. The van der Waals surface area contributed by atoms with Crippen LogP contribution in [0.5, 0.6) is 0 Å². The van der Waals surface area contributed by atoms with Gasteiger partial charge in [0.1, 0.15) is 0 Å². The minimum atomic E-state index is -0.810. The van der Waals surface area contributed by atoms with Gasteiger partial charge in [-0.2, -0.15) is 0 Å². The SMILES string of the molecule is CC(C)C(=O)Nc1ccc(NC(=O)c2cc([N+](=O)[O-])cc([N+](=O)[O-])c2)cc1. The summed E-state index contributed by atoms with van der Waals surface area (Å²) in [6, 6.07) is 8.90. The van der Waals surface area contributed by atoms with Crippen molar-refractivity contribution in [3.05, 3.63) is 68.3 Å². The molecule has 0 aliphatic rings. The van der Waals surface area contributed by atoms with E-state index in [9.17, 15) is 29.8 Å². The number of hydrogen-bond donors (Lipinski definition) is 2. The Morgan fingerprint density at radius 2 is 1.30 bits per heavy atom. The van der Waals surface area contributed by atoms with E-state index < -0.39 is 27.1 Å². The average molecular weight is 372 g/mol. The summed E-state index contributed by atoms with van der Waals surface area (Å²) in [6.07, 6.45) is 0. The standard InChI is InChI=1S/C17H16N4O6/c1-10(2)16(22)18-12-3-5-13(6-4-12)19-17(23)11-7-14(20(24)25)9-15(8-11)21(26)27/h3-10H,1-2H3,(H,18,22)(H,19,23). The maximum Gasteiger partial charge on any atom is 0.277 e. The summed E-state index contributed by atoms with van der Waals surface area (Å²) < 4.78 is 0. The van der Waals surface area contributed by atoms with Crippen LogP contribution in [0, 0.1) is 26.1 Å². The zero-order valence-corrected chi connectivity index (χ0v) is 14.5. The van der Waals surface area contributed by atoms with Crippen molar-refractivity contribution >= 4 is 34.6 Å². The van der Waals surface area contributed by atoms with E-state index in [-0.39, 0.29) is 17.4 Å². The Hall–Kier alpha value is -3.82. The molecule has 0 aliphatic carbocycles. The van der Waals surface area contributed by atoms with Crippen LogP contribution in [0.25, 0.3) is 0 Å². The summed E-state index contributed by atoms with van der Waals surface area (Å²) in [4.78, 5) is 44.1. The number of benzene rings is 2. The first-order valence-electron chi connectivity index (χ1n) is 7.83. The molecule has 0 fully saturated rings. The summed E-state index contributed by atoms with van der Waals surface area (Å²) in [6.45, 7) is 3.50. The first-order chi connectivity index (χ1) is 12.7. The number of carbonyl (C=O) groups excluding carboxylic acids is 2. The van der Waals surface area contributed by atoms with Crippen LogP contribution in [0.4, 0.5) is 22.7 Å². The molecule has 10 nitrogen and oxygen atoms in total. The van der Waals surface area contributed by atoms with E-state index in [4.69, 9.17) is 0 Å². The number of nitro benzene ring substituents is 2. The monoisotopic (exact) mass is 372 g/mol. The van der Waals surface area contributed by atoms with E-state index in [1.807, 2.05) is 0 Å². The smallest absolute Gasteiger partial charge is 0.277 e. The van der Waals surface area contributed by atoms with E-state index >= 15 is 0 Å². The predicted octanol–water partition coefficient (Wildman–Crippen LogP) is 3.35. The lowest BCUT2D eigenvalue weighted by atomic mass is 10.1. The molecule has 0 aliphatic heterocycles. The summed E-state index contributed by atoms with van der Waals surface area (Å²) in [5, 5.41) is 27.0. The molecule has 0 atom stereocenters. The third-order valence-electron chi connectivity index (χ3n) is 3.52. The summed E-state index contributed by atoms with van der Waals surface area (Å²) >= 11 is 0. The van der Waals surface area contributed by atoms with Gasteiger partial charge in [-0.1, -0.05) is 13.8 Å². The van der Waals surface area contributed by atoms with E-state index in [2.05, 4.69) is 10.6 Å². The lowest BCUT2D eigenvalue weighted by Gasteiger charge is -2.09. The van der Waals surface area contributed by atoms with Crippen molar-refractivity contribution < 1.29 is 19.4 Å². The third-order valence-corrected chi connectivity index (χ3v) is 3.52. The Labute approximate surface area is 153 Å². The molecule has 0 aromatic heterocycles. The summed E-state index contributed by atoms with van der Waals surface area (Å²) in [5.74, 6) is -1.08. The van der Waals surface area contributed by atoms with Gasteiger partial charge in [0.25, 0.3) is 17.3 Å². The largest absolute Gasteiger partial charge is 0.326 e. The molecule has 10 heteroatoms. The predicted molar refractivity (Wildman–Crippen MR) is 97.6 cm³/mol. The molecule has 0 spiro atoms. The number of nitrogens with zero attached hydrogens (tertiary/aromatic N) is 2. The lowest BCUT2D eigenvalue weighted by Crippen LogP contribution is -2.17. The molecule has 0 bridgehead atoms. The van der Waals surface area contributed by atoms with E-state index in [0.717, 1.165) is 18.2 Å². The number of nitrogens with one attached hydrogen (secondary N) is 2. The highest BCUT2D eigenvalue weighted by atomic mass is 16.6. The minimum Gasteiger partial charge on any atom is -0.326 e. The van der Waals surface area contributed by atoms with Gasteiger partial charge in [0.2, 0.25) is 5.91 Å². The maximum atomic E-state index is 12.3. The quantitative estimate of drug-likeness (QED) is 0.587. The van der Waals surface area contributed by atoms with Crippen LogP contribution >= 0.6 is 0 Å². The molecular formula is C17H16N4O6. The van der Waals surface area contributed by atoms with Crippen LogP contribution in [0.1, 0.15) is 24.2 Å². The van der Waals surface area contributed by atoms with Crippen molar-refractivity contribution in [3.63, 3.8) is 0 Å². The topological polar surface area (TPSA) is 144 Å². The van der Waals surface area contributed by atoms with Gasteiger partial charge in [-0.05, 0) is 24.3 Å². The number of anilines is 2. The molecule has 2 N–H and O–H groups in total. The number of hydrogen-bond acceptors (Lipinski definition) is 6. The molecule has 27 heavy (non-hydrogen) atoms. The van der Waals surface area contributed by atoms with Crippen LogP contribution in [0.3, 0.4) is 0 Å². The van der Waals surface area contributed by atoms with E-state index in [1.54, 1.807) is 26.0 Å². The van der Waals surface area contributed by atoms with Gasteiger partial charge in [0.05, 0.1) is 21.5 Å².